The fraction of sp³-hybridized carbons (Fsp3) is 0.875. The molecule has 118 valence electrons. The van der Waals surface area contributed by atoms with Crippen molar-refractivity contribution in [1.82, 2.24) is 15.1 Å². The van der Waals surface area contributed by atoms with Crippen LogP contribution in [0.5, 0.6) is 0 Å². The minimum Gasteiger partial charge on any atom is -0.337 e. The first-order valence-corrected chi connectivity index (χ1v) is 8.00. The molecule has 2 saturated heterocycles. The third kappa shape index (κ3) is 3.56. The molecular weight excluding hydrogens is 264 g/mol. The summed E-state index contributed by atoms with van der Waals surface area (Å²) >= 11 is 0. The van der Waals surface area contributed by atoms with Crippen LogP contribution in [0.1, 0.15) is 33.6 Å². The first-order chi connectivity index (χ1) is 9.85. The van der Waals surface area contributed by atoms with Gasteiger partial charge in [-0.2, -0.15) is 5.26 Å². The zero-order valence-corrected chi connectivity index (χ0v) is 13.7. The number of carbonyl (C=O) groups is 1. The summed E-state index contributed by atoms with van der Waals surface area (Å²) in [7, 11) is 2.15. The Kier molecular flexibility index (Phi) is 4.90. The highest BCUT2D eigenvalue weighted by molar-refractivity contribution is 5.79. The summed E-state index contributed by atoms with van der Waals surface area (Å²) in [6.07, 6.45) is 2.44. The van der Waals surface area contributed by atoms with E-state index in [1.54, 1.807) is 6.92 Å². The van der Waals surface area contributed by atoms with Gasteiger partial charge in [0.2, 0.25) is 5.91 Å². The summed E-state index contributed by atoms with van der Waals surface area (Å²) in [4.78, 5) is 17.0. The van der Waals surface area contributed by atoms with Gasteiger partial charge in [0.15, 0.2) is 0 Å². The van der Waals surface area contributed by atoms with Crippen LogP contribution in [0.4, 0.5) is 0 Å². The van der Waals surface area contributed by atoms with Crippen LogP contribution in [-0.2, 0) is 4.79 Å². The van der Waals surface area contributed by atoms with Crippen LogP contribution in [-0.4, -0.2) is 60.5 Å². The van der Waals surface area contributed by atoms with Crippen molar-refractivity contribution in [3.05, 3.63) is 0 Å². The highest BCUT2D eigenvalue weighted by atomic mass is 16.2. The Labute approximate surface area is 128 Å². The van der Waals surface area contributed by atoms with Crippen molar-refractivity contribution in [2.24, 2.45) is 11.8 Å². The van der Waals surface area contributed by atoms with E-state index in [0.717, 1.165) is 19.0 Å². The van der Waals surface area contributed by atoms with Crippen molar-refractivity contribution in [3.8, 4) is 6.07 Å². The van der Waals surface area contributed by atoms with Gasteiger partial charge in [0.1, 0.15) is 5.54 Å². The number of hydrogen-bond donors (Lipinski definition) is 1. The minimum absolute atomic E-state index is 0.0263. The molecule has 0 radical (unpaired) electrons. The fourth-order valence-corrected chi connectivity index (χ4v) is 3.40. The summed E-state index contributed by atoms with van der Waals surface area (Å²) in [6, 6.07) is 2.74. The number of rotatable bonds is 4. The first-order valence-electron chi connectivity index (χ1n) is 8.00. The van der Waals surface area contributed by atoms with Crippen molar-refractivity contribution >= 4 is 5.91 Å². The smallest absolute Gasteiger partial charge is 0.235 e. The van der Waals surface area contributed by atoms with Gasteiger partial charge in [0, 0.05) is 12.6 Å². The molecule has 2 fully saturated rings. The summed E-state index contributed by atoms with van der Waals surface area (Å²) < 4.78 is 0. The highest BCUT2D eigenvalue weighted by Gasteiger charge is 2.39. The molecule has 2 aliphatic heterocycles. The van der Waals surface area contributed by atoms with Gasteiger partial charge < -0.3 is 10.2 Å². The van der Waals surface area contributed by atoms with Crippen molar-refractivity contribution < 1.29 is 4.79 Å². The number of likely N-dealkylation sites (tertiary alicyclic amines) is 2. The van der Waals surface area contributed by atoms with Gasteiger partial charge in [-0.3, -0.25) is 9.69 Å². The van der Waals surface area contributed by atoms with Crippen molar-refractivity contribution in [2.45, 2.75) is 45.2 Å². The molecule has 0 bridgehead atoms. The molecule has 2 rings (SSSR count). The van der Waals surface area contributed by atoms with E-state index in [0.29, 0.717) is 12.6 Å². The van der Waals surface area contributed by atoms with E-state index in [4.69, 9.17) is 0 Å². The second-order valence-electron chi connectivity index (χ2n) is 7.15. The largest absolute Gasteiger partial charge is 0.337 e. The average molecular weight is 292 g/mol. The van der Waals surface area contributed by atoms with Crippen molar-refractivity contribution in [3.63, 3.8) is 0 Å². The summed E-state index contributed by atoms with van der Waals surface area (Å²) in [5, 5.41) is 12.2. The second-order valence-corrected chi connectivity index (χ2v) is 7.15. The molecular formula is C16H28N4O. The Morgan fingerprint density at radius 1 is 1.43 bits per heavy atom. The average Bonchev–Trinajstić information content (AvgIpc) is 2.80. The lowest BCUT2D eigenvalue weighted by Gasteiger charge is -2.37. The number of amides is 1. The number of nitrogens with one attached hydrogen (secondary N) is 1. The SMILES string of the molecule is CC(C)[C@](C)(C#N)NC(=O)CN1CC[C@@H]2CCN(C)C[C@H]21. The molecule has 0 aliphatic carbocycles. The summed E-state index contributed by atoms with van der Waals surface area (Å²) in [6.45, 7) is 9.37. The summed E-state index contributed by atoms with van der Waals surface area (Å²) in [5.41, 5.74) is -0.778. The predicted octanol–water partition coefficient (Wildman–Crippen LogP) is 1.07. The number of nitrogens with zero attached hydrogens (tertiary/aromatic N) is 3. The molecule has 0 aromatic heterocycles. The standard InChI is InChI=1S/C16H28N4O/c1-12(2)16(3,11-17)18-15(21)10-20-8-6-13-5-7-19(4)9-14(13)20/h12-14H,5-10H2,1-4H3,(H,18,21)/t13-,14+,16-/m0/s1. The lowest BCUT2D eigenvalue weighted by atomic mass is 9.90. The van der Waals surface area contributed by atoms with Crippen LogP contribution in [0, 0.1) is 23.2 Å². The van der Waals surface area contributed by atoms with Gasteiger partial charge in [-0.15, -0.1) is 0 Å². The van der Waals surface area contributed by atoms with Gasteiger partial charge in [0.25, 0.3) is 0 Å². The van der Waals surface area contributed by atoms with Crippen LogP contribution < -0.4 is 5.32 Å². The molecule has 1 amide bonds. The molecule has 0 aromatic carbocycles. The Bertz CT molecular complexity index is 430. The Morgan fingerprint density at radius 3 is 2.71 bits per heavy atom. The first kappa shape index (κ1) is 16.3. The normalized spacial score (nSPS) is 29.7. The molecule has 2 aliphatic rings. The zero-order chi connectivity index (χ0) is 15.6. The van der Waals surface area contributed by atoms with Crippen LogP contribution in [0.25, 0.3) is 0 Å². The number of piperidine rings is 1. The number of carbonyl (C=O) groups excluding carboxylic acids is 1. The van der Waals surface area contributed by atoms with E-state index in [9.17, 15) is 10.1 Å². The van der Waals surface area contributed by atoms with Crippen molar-refractivity contribution in [1.29, 1.82) is 5.26 Å². The Hall–Kier alpha value is -1.12. The van der Waals surface area contributed by atoms with Gasteiger partial charge in [0.05, 0.1) is 12.6 Å². The fourth-order valence-electron chi connectivity index (χ4n) is 3.40. The van der Waals surface area contributed by atoms with E-state index >= 15 is 0 Å². The molecule has 0 aromatic rings. The number of fused-ring (bicyclic) bond motifs is 1. The predicted molar refractivity (Wildman–Crippen MR) is 82.6 cm³/mol. The van der Waals surface area contributed by atoms with E-state index in [1.165, 1.54) is 19.4 Å². The maximum Gasteiger partial charge on any atom is 0.235 e. The van der Waals surface area contributed by atoms with Gasteiger partial charge in [-0.25, -0.2) is 0 Å². The molecule has 5 nitrogen and oxygen atoms in total. The van der Waals surface area contributed by atoms with Crippen LogP contribution in [0.2, 0.25) is 0 Å². The van der Waals surface area contributed by atoms with Gasteiger partial charge in [-0.1, -0.05) is 13.8 Å². The molecule has 0 saturated carbocycles. The van der Waals surface area contributed by atoms with Gasteiger partial charge in [-0.05, 0) is 51.7 Å². The van der Waals surface area contributed by atoms with E-state index in [1.807, 2.05) is 13.8 Å². The topological polar surface area (TPSA) is 59.4 Å². The highest BCUT2D eigenvalue weighted by Crippen LogP contribution is 2.30. The molecule has 2 heterocycles. The van der Waals surface area contributed by atoms with E-state index < -0.39 is 5.54 Å². The molecule has 0 spiro atoms. The minimum atomic E-state index is -0.778. The van der Waals surface area contributed by atoms with Gasteiger partial charge >= 0.3 is 0 Å². The lowest BCUT2D eigenvalue weighted by molar-refractivity contribution is -0.124. The number of hydrogen-bond acceptors (Lipinski definition) is 4. The lowest BCUT2D eigenvalue weighted by Crippen LogP contribution is -2.54. The maximum absolute atomic E-state index is 12.3. The number of nitriles is 1. The molecule has 1 N–H and O–H groups in total. The van der Waals surface area contributed by atoms with E-state index in [-0.39, 0.29) is 11.8 Å². The van der Waals surface area contributed by atoms with Crippen LogP contribution >= 0.6 is 0 Å². The molecule has 21 heavy (non-hydrogen) atoms. The third-order valence-electron chi connectivity index (χ3n) is 5.31. The third-order valence-corrected chi connectivity index (χ3v) is 5.31. The molecule has 0 unspecified atom stereocenters. The Balaban J connectivity index is 1.93. The van der Waals surface area contributed by atoms with Crippen molar-refractivity contribution in [2.75, 3.05) is 33.2 Å². The second kappa shape index (κ2) is 6.33. The van der Waals surface area contributed by atoms with Crippen LogP contribution in [0.15, 0.2) is 0 Å². The molecule has 5 heteroatoms. The number of likely N-dealkylation sites (N-methyl/N-ethyl adjacent to an activating group) is 1. The monoisotopic (exact) mass is 292 g/mol. The van der Waals surface area contributed by atoms with E-state index in [2.05, 4.69) is 28.2 Å². The molecule has 3 atom stereocenters. The zero-order valence-electron chi connectivity index (χ0n) is 13.7. The summed E-state index contributed by atoms with van der Waals surface area (Å²) in [5.74, 6) is 0.807. The van der Waals surface area contributed by atoms with Crippen LogP contribution in [0.3, 0.4) is 0 Å². The quantitative estimate of drug-likeness (QED) is 0.842. The Morgan fingerprint density at radius 2 is 2.10 bits per heavy atom. The maximum atomic E-state index is 12.3.